The minimum absolute atomic E-state index is 0.0645. The van der Waals surface area contributed by atoms with Crippen LogP contribution in [-0.2, 0) is 21.2 Å². The number of aliphatic imine (C=N–C) groups is 1. The molecular weight excluding hydrogens is 424 g/mol. The average molecular weight is 451 g/mol. The fourth-order valence-corrected chi connectivity index (χ4v) is 8.81. The third-order valence-corrected chi connectivity index (χ3v) is 9.67. The van der Waals surface area contributed by atoms with Crippen molar-refractivity contribution in [2.75, 3.05) is 18.3 Å². The fraction of sp³-hybridized carbons (Fsp3) is 0.619. The Morgan fingerprint density at radius 1 is 1.17 bits per heavy atom. The molecule has 0 radical (unpaired) electrons. The monoisotopic (exact) mass is 450 g/mol. The zero-order chi connectivity index (χ0) is 20.7. The van der Waals surface area contributed by atoms with Crippen LogP contribution in [0, 0.1) is 5.92 Å². The molecule has 7 nitrogen and oxygen atoms in total. The van der Waals surface area contributed by atoms with E-state index in [1.54, 1.807) is 0 Å². The van der Waals surface area contributed by atoms with E-state index in [0.717, 1.165) is 12.0 Å². The summed E-state index contributed by atoms with van der Waals surface area (Å²) in [6, 6.07) is 5.59. The summed E-state index contributed by atoms with van der Waals surface area (Å²) < 4.78 is 35.2. The normalized spacial score (nSPS) is 28.4. The molecule has 30 heavy (non-hydrogen) atoms. The summed E-state index contributed by atoms with van der Waals surface area (Å²) in [5.41, 5.74) is 0.982. The Labute approximate surface area is 181 Å². The van der Waals surface area contributed by atoms with Crippen molar-refractivity contribution in [2.45, 2.75) is 56.4 Å². The lowest BCUT2D eigenvalue weighted by Crippen LogP contribution is -2.37. The number of benzene rings is 1. The fourth-order valence-electron chi connectivity index (χ4n) is 4.85. The zero-order valence-electron chi connectivity index (χ0n) is 16.8. The molecule has 0 aromatic heterocycles. The Hall–Kier alpha value is -1.74. The van der Waals surface area contributed by atoms with Crippen LogP contribution in [0.4, 0.5) is 0 Å². The van der Waals surface area contributed by atoms with Crippen LogP contribution in [0.2, 0.25) is 0 Å². The Morgan fingerprint density at radius 2 is 1.97 bits per heavy atom. The molecule has 1 aliphatic carbocycles. The van der Waals surface area contributed by atoms with E-state index in [2.05, 4.69) is 4.99 Å². The highest BCUT2D eigenvalue weighted by Gasteiger charge is 2.48. The number of carbonyl (C=O) groups is 1. The van der Waals surface area contributed by atoms with Crippen LogP contribution >= 0.6 is 11.8 Å². The first-order chi connectivity index (χ1) is 14.5. The number of rotatable bonds is 5. The molecule has 3 heterocycles. The summed E-state index contributed by atoms with van der Waals surface area (Å²) in [5, 5.41) is 0.597. The third kappa shape index (κ3) is 4.19. The number of carbonyl (C=O) groups excluding carboxylic acids is 1. The van der Waals surface area contributed by atoms with Crippen LogP contribution in [0.1, 0.15) is 44.1 Å². The van der Waals surface area contributed by atoms with Crippen LogP contribution in [0.15, 0.2) is 23.2 Å². The van der Waals surface area contributed by atoms with Gasteiger partial charge in [0.15, 0.2) is 26.5 Å². The van der Waals surface area contributed by atoms with Crippen molar-refractivity contribution in [3.8, 4) is 11.5 Å². The number of amidine groups is 1. The van der Waals surface area contributed by atoms with Crippen LogP contribution in [0.5, 0.6) is 11.5 Å². The molecule has 1 aromatic rings. The standard InChI is InChI=1S/C21H26N2O5S2/c24-20(8-6-14-3-1-2-4-14)22-21-23(16-11-30(25,26)12-19(16)29-21)10-15-5-7-17-18(9-15)28-13-27-17/h5,7,9,14,16,19H,1-4,6,8,10-13H2/t16-,19+/m1/s1. The SMILES string of the molecule is O=C(CCC1CCCC1)N=C1S[C@H]2CS(=O)(=O)C[C@H]2N1Cc1ccc2c(c1)OCO2. The van der Waals surface area contributed by atoms with E-state index in [0.29, 0.717) is 35.6 Å². The van der Waals surface area contributed by atoms with Crippen molar-refractivity contribution < 1.29 is 22.7 Å². The number of hydrogen-bond acceptors (Lipinski definition) is 6. The molecule has 2 saturated heterocycles. The van der Waals surface area contributed by atoms with E-state index in [1.807, 2.05) is 23.1 Å². The predicted octanol–water partition coefficient (Wildman–Crippen LogP) is 2.98. The van der Waals surface area contributed by atoms with Gasteiger partial charge in [-0.2, -0.15) is 4.99 Å². The highest BCUT2D eigenvalue weighted by molar-refractivity contribution is 8.15. The van der Waals surface area contributed by atoms with Gasteiger partial charge in [0, 0.05) is 18.2 Å². The smallest absolute Gasteiger partial charge is 0.248 e. The molecule has 1 saturated carbocycles. The lowest BCUT2D eigenvalue weighted by molar-refractivity contribution is -0.118. The van der Waals surface area contributed by atoms with Crippen molar-refractivity contribution in [2.24, 2.45) is 10.9 Å². The Balaban J connectivity index is 1.33. The second kappa shape index (κ2) is 8.07. The van der Waals surface area contributed by atoms with E-state index in [9.17, 15) is 13.2 Å². The van der Waals surface area contributed by atoms with Gasteiger partial charge in [-0.15, -0.1) is 0 Å². The summed E-state index contributed by atoms with van der Waals surface area (Å²) >= 11 is 1.44. The van der Waals surface area contributed by atoms with Gasteiger partial charge in [0.25, 0.3) is 0 Å². The molecular formula is C21H26N2O5S2. The maximum Gasteiger partial charge on any atom is 0.248 e. The van der Waals surface area contributed by atoms with E-state index in [4.69, 9.17) is 9.47 Å². The lowest BCUT2D eigenvalue weighted by Gasteiger charge is -2.24. The largest absolute Gasteiger partial charge is 0.454 e. The molecule has 9 heteroatoms. The molecule has 1 amide bonds. The molecule has 3 aliphatic heterocycles. The summed E-state index contributed by atoms with van der Waals surface area (Å²) in [6.45, 7) is 0.707. The number of nitrogens with zero attached hydrogens (tertiary/aromatic N) is 2. The molecule has 5 rings (SSSR count). The van der Waals surface area contributed by atoms with Crippen LogP contribution in [-0.4, -0.2) is 54.0 Å². The third-order valence-electron chi connectivity index (χ3n) is 6.43. The quantitative estimate of drug-likeness (QED) is 0.682. The molecule has 4 aliphatic rings. The van der Waals surface area contributed by atoms with Crippen molar-refractivity contribution >= 4 is 32.7 Å². The predicted molar refractivity (Wildman–Crippen MR) is 116 cm³/mol. The van der Waals surface area contributed by atoms with Crippen LogP contribution < -0.4 is 9.47 Å². The first kappa shape index (κ1) is 20.2. The van der Waals surface area contributed by atoms with Gasteiger partial charge in [0.2, 0.25) is 12.7 Å². The van der Waals surface area contributed by atoms with Gasteiger partial charge < -0.3 is 14.4 Å². The topological polar surface area (TPSA) is 85.3 Å². The van der Waals surface area contributed by atoms with Gasteiger partial charge in [0.1, 0.15) is 0 Å². The van der Waals surface area contributed by atoms with Crippen molar-refractivity contribution in [1.82, 2.24) is 4.90 Å². The second-order valence-corrected chi connectivity index (χ2v) is 12.0. The maximum atomic E-state index is 12.6. The molecule has 162 valence electrons. The van der Waals surface area contributed by atoms with Crippen LogP contribution in [0.25, 0.3) is 0 Å². The first-order valence-electron chi connectivity index (χ1n) is 10.6. The number of sulfone groups is 1. The van der Waals surface area contributed by atoms with Gasteiger partial charge in [-0.05, 0) is 30.0 Å². The Bertz CT molecular complexity index is 972. The van der Waals surface area contributed by atoms with E-state index >= 15 is 0 Å². The second-order valence-electron chi connectivity index (χ2n) is 8.59. The van der Waals surface area contributed by atoms with Gasteiger partial charge in [-0.25, -0.2) is 8.42 Å². The van der Waals surface area contributed by atoms with E-state index in [-0.39, 0.29) is 35.5 Å². The highest BCUT2D eigenvalue weighted by atomic mass is 32.2. The van der Waals surface area contributed by atoms with E-state index < -0.39 is 9.84 Å². The van der Waals surface area contributed by atoms with Crippen molar-refractivity contribution in [1.29, 1.82) is 0 Å². The average Bonchev–Trinajstić information content (AvgIpc) is 3.46. The van der Waals surface area contributed by atoms with E-state index in [1.165, 1.54) is 37.4 Å². The maximum absolute atomic E-state index is 12.6. The summed E-state index contributed by atoms with van der Waals surface area (Å²) in [7, 11) is -3.06. The molecule has 1 aromatic carbocycles. The molecule has 3 fully saturated rings. The summed E-state index contributed by atoms with van der Waals surface area (Å²) in [5.74, 6) is 2.23. The van der Waals surface area contributed by atoms with Crippen molar-refractivity contribution in [3.63, 3.8) is 0 Å². The summed E-state index contributed by atoms with van der Waals surface area (Å²) in [4.78, 5) is 19.0. The zero-order valence-corrected chi connectivity index (χ0v) is 18.4. The van der Waals surface area contributed by atoms with Gasteiger partial charge in [-0.3, -0.25) is 4.79 Å². The molecule has 0 bridgehead atoms. The molecule has 0 spiro atoms. The lowest BCUT2D eigenvalue weighted by atomic mass is 10.0. The first-order valence-corrected chi connectivity index (χ1v) is 13.3. The number of ether oxygens (including phenoxy) is 2. The Morgan fingerprint density at radius 3 is 2.80 bits per heavy atom. The number of amides is 1. The Kier molecular flexibility index (Phi) is 5.43. The minimum Gasteiger partial charge on any atom is -0.454 e. The molecule has 0 unspecified atom stereocenters. The molecule has 0 N–H and O–H groups in total. The highest BCUT2D eigenvalue weighted by Crippen LogP contribution is 2.40. The van der Waals surface area contributed by atoms with Gasteiger partial charge in [0.05, 0.1) is 17.5 Å². The molecule has 2 atom stereocenters. The minimum atomic E-state index is -3.06. The van der Waals surface area contributed by atoms with Crippen molar-refractivity contribution in [3.05, 3.63) is 23.8 Å². The number of hydrogen-bond donors (Lipinski definition) is 0. The number of thioether (sulfide) groups is 1. The van der Waals surface area contributed by atoms with Gasteiger partial charge >= 0.3 is 0 Å². The van der Waals surface area contributed by atoms with Crippen LogP contribution in [0.3, 0.4) is 0 Å². The summed E-state index contributed by atoms with van der Waals surface area (Å²) in [6.07, 6.45) is 6.35. The number of fused-ring (bicyclic) bond motifs is 2. The van der Waals surface area contributed by atoms with Gasteiger partial charge in [-0.1, -0.05) is 43.5 Å².